The number of nitrogens with two attached hydrogens (primary N) is 1. The molecular formula is C13H24N4OS. The molecule has 108 valence electrons. The van der Waals surface area contributed by atoms with Crippen molar-refractivity contribution >= 4 is 28.2 Å². The first-order valence-electron chi connectivity index (χ1n) is 6.58. The van der Waals surface area contributed by atoms with Crippen LogP contribution in [0.15, 0.2) is 0 Å². The normalized spacial score (nSPS) is 11.1. The van der Waals surface area contributed by atoms with Gasteiger partial charge in [0.15, 0.2) is 5.13 Å². The van der Waals surface area contributed by atoms with Crippen molar-refractivity contribution in [3.63, 3.8) is 0 Å². The van der Waals surface area contributed by atoms with E-state index in [2.05, 4.69) is 38.0 Å². The van der Waals surface area contributed by atoms with Gasteiger partial charge in [-0.25, -0.2) is 4.98 Å². The quantitative estimate of drug-likeness (QED) is 0.842. The lowest BCUT2D eigenvalue weighted by Crippen LogP contribution is -2.36. The summed E-state index contributed by atoms with van der Waals surface area (Å²) in [6.45, 7) is 9.91. The van der Waals surface area contributed by atoms with E-state index in [0.717, 1.165) is 13.1 Å². The molecule has 1 amide bonds. The summed E-state index contributed by atoms with van der Waals surface area (Å²) in [5, 5.41) is 3.60. The van der Waals surface area contributed by atoms with Crippen molar-refractivity contribution in [2.24, 2.45) is 11.8 Å². The van der Waals surface area contributed by atoms with E-state index in [1.807, 2.05) is 4.90 Å². The molecule has 0 aromatic carbocycles. The smallest absolute Gasteiger partial charge is 0.267 e. The van der Waals surface area contributed by atoms with Crippen LogP contribution >= 0.6 is 11.3 Å². The standard InChI is InChI=1S/C13H24N4OS/c1-8(2)6-17(7-9(3)4)12(18)10-11(14)16-13(15-5)19-10/h8-9H,6-7,14H2,1-5H3,(H,15,16). The molecule has 0 atom stereocenters. The number of carbonyl (C=O) groups is 1. The second-order valence-electron chi connectivity index (χ2n) is 5.48. The molecule has 0 fully saturated rings. The predicted molar refractivity (Wildman–Crippen MR) is 81.7 cm³/mol. The van der Waals surface area contributed by atoms with E-state index in [9.17, 15) is 4.79 Å². The summed E-state index contributed by atoms with van der Waals surface area (Å²) in [5.74, 6) is 1.16. The number of anilines is 2. The van der Waals surface area contributed by atoms with Crippen molar-refractivity contribution in [1.29, 1.82) is 0 Å². The first-order chi connectivity index (χ1) is 8.85. The fourth-order valence-electron chi connectivity index (χ4n) is 1.86. The number of nitrogens with one attached hydrogen (secondary N) is 1. The highest BCUT2D eigenvalue weighted by Gasteiger charge is 2.23. The lowest BCUT2D eigenvalue weighted by molar-refractivity contribution is 0.0721. The van der Waals surface area contributed by atoms with E-state index < -0.39 is 0 Å². The van der Waals surface area contributed by atoms with Crippen molar-refractivity contribution in [3.8, 4) is 0 Å². The minimum atomic E-state index is -0.0149. The van der Waals surface area contributed by atoms with Gasteiger partial charge < -0.3 is 16.0 Å². The van der Waals surface area contributed by atoms with Crippen LogP contribution in [0.4, 0.5) is 10.9 Å². The maximum atomic E-state index is 12.6. The summed E-state index contributed by atoms with van der Waals surface area (Å²) in [6.07, 6.45) is 0. The third kappa shape index (κ3) is 4.38. The molecule has 0 radical (unpaired) electrons. The molecule has 0 aliphatic heterocycles. The van der Waals surface area contributed by atoms with Crippen molar-refractivity contribution in [2.75, 3.05) is 31.2 Å². The Bertz CT molecular complexity index is 418. The Kier molecular flexibility index (Phi) is 5.60. The Morgan fingerprint density at radius 3 is 2.21 bits per heavy atom. The molecular weight excluding hydrogens is 260 g/mol. The fourth-order valence-corrected chi connectivity index (χ4v) is 2.66. The van der Waals surface area contributed by atoms with Crippen LogP contribution in [-0.4, -0.2) is 35.9 Å². The molecule has 6 heteroatoms. The monoisotopic (exact) mass is 284 g/mol. The molecule has 1 rings (SSSR count). The number of carbonyl (C=O) groups excluding carboxylic acids is 1. The summed E-state index contributed by atoms with van der Waals surface area (Å²) in [5.41, 5.74) is 5.83. The highest BCUT2D eigenvalue weighted by molar-refractivity contribution is 7.18. The molecule has 0 aliphatic carbocycles. The molecule has 0 saturated carbocycles. The minimum Gasteiger partial charge on any atom is -0.382 e. The SMILES string of the molecule is CNc1nc(N)c(C(=O)N(CC(C)C)CC(C)C)s1. The zero-order valence-corrected chi connectivity index (χ0v) is 13.2. The fraction of sp³-hybridized carbons (Fsp3) is 0.692. The lowest BCUT2D eigenvalue weighted by atomic mass is 10.1. The number of rotatable bonds is 6. The molecule has 0 spiro atoms. The summed E-state index contributed by atoms with van der Waals surface area (Å²) in [6, 6.07) is 0. The number of nitrogen functional groups attached to an aromatic ring is 1. The van der Waals surface area contributed by atoms with Crippen LogP contribution < -0.4 is 11.1 Å². The highest BCUT2D eigenvalue weighted by atomic mass is 32.1. The Balaban J connectivity index is 2.93. The van der Waals surface area contributed by atoms with Gasteiger partial charge in [-0.1, -0.05) is 39.0 Å². The van der Waals surface area contributed by atoms with Gasteiger partial charge in [-0.15, -0.1) is 0 Å². The molecule has 0 unspecified atom stereocenters. The zero-order chi connectivity index (χ0) is 14.6. The first kappa shape index (κ1) is 15.8. The van der Waals surface area contributed by atoms with Crippen molar-refractivity contribution in [2.45, 2.75) is 27.7 Å². The molecule has 3 N–H and O–H groups in total. The van der Waals surface area contributed by atoms with E-state index in [1.54, 1.807) is 7.05 Å². The van der Waals surface area contributed by atoms with Crippen molar-refractivity contribution in [3.05, 3.63) is 4.88 Å². The van der Waals surface area contributed by atoms with Crippen molar-refractivity contribution < 1.29 is 4.79 Å². The van der Waals surface area contributed by atoms with Crippen LogP contribution in [0.5, 0.6) is 0 Å². The largest absolute Gasteiger partial charge is 0.382 e. The second-order valence-corrected chi connectivity index (χ2v) is 6.48. The number of aromatic nitrogens is 1. The highest BCUT2D eigenvalue weighted by Crippen LogP contribution is 2.26. The number of nitrogens with zero attached hydrogens (tertiary/aromatic N) is 2. The van der Waals surface area contributed by atoms with E-state index >= 15 is 0 Å². The average Bonchev–Trinajstić information content (AvgIpc) is 2.67. The molecule has 0 aliphatic rings. The van der Waals surface area contributed by atoms with Gasteiger partial charge in [0.05, 0.1) is 0 Å². The van der Waals surface area contributed by atoms with Crippen LogP contribution in [0.25, 0.3) is 0 Å². The van der Waals surface area contributed by atoms with E-state index in [-0.39, 0.29) is 5.91 Å². The topological polar surface area (TPSA) is 71.2 Å². The van der Waals surface area contributed by atoms with E-state index in [1.165, 1.54) is 11.3 Å². The van der Waals surface area contributed by atoms with Gasteiger partial charge in [0.2, 0.25) is 0 Å². The van der Waals surface area contributed by atoms with Crippen molar-refractivity contribution in [1.82, 2.24) is 9.88 Å². The van der Waals surface area contributed by atoms with Crippen LogP contribution in [0.1, 0.15) is 37.4 Å². The third-order valence-corrected chi connectivity index (χ3v) is 3.60. The van der Waals surface area contributed by atoms with Gasteiger partial charge in [-0.3, -0.25) is 4.79 Å². The van der Waals surface area contributed by atoms with E-state index in [0.29, 0.717) is 27.7 Å². The Morgan fingerprint density at radius 1 is 1.32 bits per heavy atom. The summed E-state index contributed by atoms with van der Waals surface area (Å²) >= 11 is 1.31. The Hall–Kier alpha value is -1.30. The zero-order valence-electron chi connectivity index (χ0n) is 12.4. The number of hydrogen-bond donors (Lipinski definition) is 2. The Labute approximate surface area is 119 Å². The summed E-state index contributed by atoms with van der Waals surface area (Å²) in [4.78, 5) is 19.1. The number of hydrogen-bond acceptors (Lipinski definition) is 5. The lowest BCUT2D eigenvalue weighted by Gasteiger charge is -2.25. The second kappa shape index (κ2) is 6.75. The third-order valence-electron chi connectivity index (χ3n) is 2.52. The summed E-state index contributed by atoms with van der Waals surface area (Å²) < 4.78 is 0. The van der Waals surface area contributed by atoms with Gasteiger partial charge in [0.1, 0.15) is 10.7 Å². The van der Waals surface area contributed by atoms with Crippen LogP contribution in [0, 0.1) is 11.8 Å². The Morgan fingerprint density at radius 2 is 1.84 bits per heavy atom. The first-order valence-corrected chi connectivity index (χ1v) is 7.40. The van der Waals surface area contributed by atoms with Crippen LogP contribution in [-0.2, 0) is 0 Å². The van der Waals surface area contributed by atoms with Crippen LogP contribution in [0.2, 0.25) is 0 Å². The average molecular weight is 284 g/mol. The van der Waals surface area contributed by atoms with Gasteiger partial charge >= 0.3 is 0 Å². The molecule has 0 saturated heterocycles. The minimum absolute atomic E-state index is 0.0149. The molecule has 1 heterocycles. The molecule has 1 aromatic heterocycles. The molecule has 19 heavy (non-hydrogen) atoms. The number of amides is 1. The predicted octanol–water partition coefficient (Wildman–Crippen LogP) is 2.52. The maximum absolute atomic E-state index is 12.6. The van der Waals surface area contributed by atoms with Gasteiger partial charge in [-0.2, -0.15) is 0 Å². The van der Waals surface area contributed by atoms with Gasteiger partial charge in [-0.05, 0) is 11.8 Å². The van der Waals surface area contributed by atoms with Gasteiger partial charge in [0.25, 0.3) is 5.91 Å². The van der Waals surface area contributed by atoms with Gasteiger partial charge in [0, 0.05) is 20.1 Å². The number of thiazole rings is 1. The molecule has 1 aromatic rings. The summed E-state index contributed by atoms with van der Waals surface area (Å²) in [7, 11) is 1.77. The molecule has 0 bridgehead atoms. The molecule has 5 nitrogen and oxygen atoms in total. The van der Waals surface area contributed by atoms with E-state index in [4.69, 9.17) is 5.73 Å². The van der Waals surface area contributed by atoms with Crippen LogP contribution in [0.3, 0.4) is 0 Å². The maximum Gasteiger partial charge on any atom is 0.267 e.